The monoisotopic (exact) mass is 343 g/mol. The molecule has 7 heteroatoms. The van der Waals surface area contributed by atoms with Crippen molar-refractivity contribution >= 4 is 42.1 Å². The predicted molar refractivity (Wildman–Crippen MR) is 92.5 cm³/mol. The Balaban J connectivity index is 0.00000121. The number of amides is 1. The zero-order chi connectivity index (χ0) is 14.1. The van der Waals surface area contributed by atoms with Gasteiger partial charge in [-0.2, -0.15) is 0 Å². The Morgan fingerprint density at radius 2 is 1.91 bits per heavy atom. The van der Waals surface area contributed by atoms with E-state index in [1.165, 1.54) is 6.26 Å². The summed E-state index contributed by atoms with van der Waals surface area (Å²) in [7, 11) is 2.03. The van der Waals surface area contributed by atoms with E-state index in [-0.39, 0.29) is 30.7 Å². The van der Waals surface area contributed by atoms with E-state index in [9.17, 15) is 4.79 Å². The molecule has 3 rings (SSSR count). The highest BCUT2D eigenvalue weighted by molar-refractivity contribution is 6.08. The largest absolute Gasteiger partial charge is 0.467 e. The molecule has 120 valence electrons. The Morgan fingerprint density at radius 3 is 2.55 bits per heavy atom. The fourth-order valence-electron chi connectivity index (χ4n) is 2.47. The van der Waals surface area contributed by atoms with Crippen LogP contribution in [0.5, 0.6) is 0 Å². The summed E-state index contributed by atoms with van der Waals surface area (Å²) >= 11 is 0. The molecule has 1 aromatic heterocycles. The second kappa shape index (κ2) is 7.54. The van der Waals surface area contributed by atoms with Crippen molar-refractivity contribution in [3.63, 3.8) is 0 Å². The number of hydrogen-bond donors (Lipinski definition) is 1. The van der Waals surface area contributed by atoms with E-state index < -0.39 is 0 Å². The standard InChI is InChI=1S/C15H17N3O2.2ClH/c1-17-6-7-18(14-5-3-2-4-13(14)17)15(19)11-8-12(9-16)20-10-11;;/h2-5,8,10H,6-7,9,16H2,1H3;2*1H. The molecule has 0 atom stereocenters. The van der Waals surface area contributed by atoms with Crippen LogP contribution in [0, 0.1) is 0 Å². The number of furan rings is 1. The summed E-state index contributed by atoms with van der Waals surface area (Å²) in [5, 5.41) is 0. The van der Waals surface area contributed by atoms with Crippen molar-refractivity contribution in [2.24, 2.45) is 5.73 Å². The van der Waals surface area contributed by atoms with Gasteiger partial charge < -0.3 is 20.0 Å². The molecular weight excluding hydrogens is 325 g/mol. The van der Waals surface area contributed by atoms with E-state index in [1.807, 2.05) is 31.3 Å². The van der Waals surface area contributed by atoms with E-state index in [4.69, 9.17) is 10.2 Å². The topological polar surface area (TPSA) is 62.7 Å². The summed E-state index contributed by atoms with van der Waals surface area (Å²) in [6.45, 7) is 1.77. The molecule has 22 heavy (non-hydrogen) atoms. The maximum Gasteiger partial charge on any atom is 0.261 e. The number of hydrogen-bond acceptors (Lipinski definition) is 4. The van der Waals surface area contributed by atoms with Gasteiger partial charge in [0, 0.05) is 20.1 Å². The van der Waals surface area contributed by atoms with Crippen molar-refractivity contribution in [2.45, 2.75) is 6.54 Å². The molecule has 2 aromatic rings. The van der Waals surface area contributed by atoms with Gasteiger partial charge in [0.1, 0.15) is 12.0 Å². The third-order valence-electron chi connectivity index (χ3n) is 3.59. The molecule has 0 spiro atoms. The van der Waals surface area contributed by atoms with Crippen LogP contribution in [0.2, 0.25) is 0 Å². The van der Waals surface area contributed by atoms with Gasteiger partial charge in [0.2, 0.25) is 0 Å². The number of carbonyl (C=O) groups excluding carboxylic acids is 1. The van der Waals surface area contributed by atoms with Crippen molar-refractivity contribution in [2.75, 3.05) is 29.9 Å². The fourth-order valence-corrected chi connectivity index (χ4v) is 2.47. The van der Waals surface area contributed by atoms with Crippen LogP contribution in [0.15, 0.2) is 41.0 Å². The lowest BCUT2D eigenvalue weighted by molar-refractivity contribution is 0.0986. The average molecular weight is 344 g/mol. The summed E-state index contributed by atoms with van der Waals surface area (Å²) in [6.07, 6.45) is 1.48. The number of para-hydroxylation sites is 2. The van der Waals surface area contributed by atoms with Gasteiger partial charge in [0.15, 0.2) is 0 Å². The van der Waals surface area contributed by atoms with E-state index in [1.54, 1.807) is 11.0 Å². The van der Waals surface area contributed by atoms with E-state index in [0.29, 0.717) is 24.4 Å². The van der Waals surface area contributed by atoms with Gasteiger partial charge in [0.25, 0.3) is 5.91 Å². The molecule has 1 amide bonds. The molecule has 0 unspecified atom stereocenters. The molecule has 2 N–H and O–H groups in total. The molecule has 0 bridgehead atoms. The first-order valence-corrected chi connectivity index (χ1v) is 6.60. The molecule has 0 saturated heterocycles. The number of nitrogens with two attached hydrogens (primary N) is 1. The second-order valence-electron chi connectivity index (χ2n) is 4.87. The molecule has 5 nitrogen and oxygen atoms in total. The summed E-state index contributed by atoms with van der Waals surface area (Å²) in [4.78, 5) is 16.5. The lowest BCUT2D eigenvalue weighted by Gasteiger charge is -2.35. The SMILES string of the molecule is CN1CCN(C(=O)c2coc(CN)c2)c2ccccc21.Cl.Cl. The number of carbonyl (C=O) groups is 1. The molecule has 0 radical (unpaired) electrons. The minimum atomic E-state index is -0.0472. The zero-order valence-electron chi connectivity index (χ0n) is 12.2. The Kier molecular flexibility index (Phi) is 6.29. The van der Waals surface area contributed by atoms with Crippen molar-refractivity contribution in [1.82, 2.24) is 0 Å². The molecule has 0 fully saturated rings. The number of anilines is 2. The van der Waals surface area contributed by atoms with Crippen LogP contribution in [0.3, 0.4) is 0 Å². The molecule has 0 saturated carbocycles. The van der Waals surface area contributed by atoms with Crippen LogP contribution in [0.25, 0.3) is 0 Å². The third-order valence-corrected chi connectivity index (χ3v) is 3.59. The minimum absolute atomic E-state index is 0. The fraction of sp³-hybridized carbons (Fsp3) is 0.267. The molecule has 2 heterocycles. The van der Waals surface area contributed by atoms with Crippen LogP contribution in [-0.4, -0.2) is 26.0 Å². The molecular formula is C15H19Cl2N3O2. The number of halogens is 2. The Bertz CT molecular complexity index is 645. The van der Waals surface area contributed by atoms with Crippen LogP contribution < -0.4 is 15.5 Å². The number of likely N-dealkylation sites (N-methyl/N-ethyl adjacent to an activating group) is 1. The van der Waals surface area contributed by atoms with Crippen LogP contribution in [0.1, 0.15) is 16.1 Å². The highest BCUT2D eigenvalue weighted by Gasteiger charge is 2.26. The maximum absolute atomic E-state index is 12.6. The quantitative estimate of drug-likeness (QED) is 0.910. The van der Waals surface area contributed by atoms with Crippen molar-refractivity contribution in [1.29, 1.82) is 0 Å². The van der Waals surface area contributed by atoms with E-state index >= 15 is 0 Å². The normalized spacial score (nSPS) is 13.0. The van der Waals surface area contributed by atoms with Crippen LogP contribution in [0.4, 0.5) is 11.4 Å². The van der Waals surface area contributed by atoms with Gasteiger partial charge in [-0.3, -0.25) is 4.79 Å². The number of benzene rings is 1. The van der Waals surface area contributed by atoms with Gasteiger partial charge >= 0.3 is 0 Å². The number of nitrogens with zero attached hydrogens (tertiary/aromatic N) is 2. The van der Waals surface area contributed by atoms with E-state index in [0.717, 1.165) is 17.9 Å². The molecule has 1 aliphatic rings. The maximum atomic E-state index is 12.6. The molecule has 1 aliphatic heterocycles. The summed E-state index contributed by atoms with van der Waals surface area (Å²) in [6, 6.07) is 9.62. The molecule has 0 aliphatic carbocycles. The van der Waals surface area contributed by atoms with Crippen molar-refractivity contribution < 1.29 is 9.21 Å². The number of rotatable bonds is 2. The first kappa shape index (κ1) is 18.4. The van der Waals surface area contributed by atoms with Crippen molar-refractivity contribution in [3.8, 4) is 0 Å². The van der Waals surface area contributed by atoms with Crippen molar-refractivity contribution in [3.05, 3.63) is 47.9 Å². The van der Waals surface area contributed by atoms with Crippen LogP contribution >= 0.6 is 24.8 Å². The van der Waals surface area contributed by atoms with Gasteiger partial charge in [-0.1, -0.05) is 12.1 Å². The van der Waals surface area contributed by atoms with E-state index in [2.05, 4.69) is 4.90 Å². The van der Waals surface area contributed by atoms with Gasteiger partial charge in [-0.05, 0) is 18.2 Å². The first-order valence-electron chi connectivity index (χ1n) is 6.60. The average Bonchev–Trinajstić information content (AvgIpc) is 2.96. The Hall–Kier alpha value is -1.69. The van der Waals surface area contributed by atoms with Gasteiger partial charge in [0.05, 0.1) is 23.5 Å². The predicted octanol–water partition coefficient (Wildman–Crippen LogP) is 2.68. The summed E-state index contributed by atoms with van der Waals surface area (Å²) in [5.41, 5.74) is 8.05. The Labute approximate surface area is 141 Å². The number of fused-ring (bicyclic) bond motifs is 1. The second-order valence-corrected chi connectivity index (χ2v) is 4.87. The summed E-state index contributed by atoms with van der Waals surface area (Å²) in [5.74, 6) is 0.574. The van der Waals surface area contributed by atoms with Gasteiger partial charge in [-0.15, -0.1) is 24.8 Å². The zero-order valence-corrected chi connectivity index (χ0v) is 13.8. The highest BCUT2D eigenvalue weighted by atomic mass is 35.5. The smallest absolute Gasteiger partial charge is 0.261 e. The third kappa shape index (κ3) is 3.21. The lowest BCUT2D eigenvalue weighted by Crippen LogP contribution is -2.42. The van der Waals surface area contributed by atoms with Crippen LogP contribution in [-0.2, 0) is 6.54 Å². The minimum Gasteiger partial charge on any atom is -0.467 e. The lowest BCUT2D eigenvalue weighted by atomic mass is 10.1. The Morgan fingerprint density at radius 1 is 1.23 bits per heavy atom. The highest BCUT2D eigenvalue weighted by Crippen LogP contribution is 2.32. The van der Waals surface area contributed by atoms with Gasteiger partial charge in [-0.25, -0.2) is 0 Å². The molecule has 1 aromatic carbocycles. The summed E-state index contributed by atoms with van der Waals surface area (Å²) < 4.78 is 5.25. The first-order chi connectivity index (χ1) is 9.70.